The molecule has 12 aromatic rings. The standard InChI is InChI=1S/C48H27NOS3/c1-4-22-40-31(13-1)33-17-9-20-38(45(33)50-40)49(39-21-10-19-34-32-14-2-5-23-41(32)52-47(34)39)29-12-7-11-28(27-29)30-16-8-18-35-36-25-26-43-44(48(36)53-46(30)35)37-15-3-6-24-42(37)51-43/h1-27H. The molecule has 4 aromatic heterocycles. The number of thiophene rings is 3. The molecule has 0 bridgehead atoms. The van der Waals surface area contributed by atoms with Gasteiger partial charge in [-0.1, -0.05) is 115 Å². The first-order chi connectivity index (χ1) is 26.3. The first-order valence-corrected chi connectivity index (χ1v) is 20.2. The number of furan rings is 1. The SMILES string of the molecule is c1cc(-c2cccc3c2sc2c3ccc3sc4ccccc4c32)cc(N(c2cccc3c2oc2ccccc23)c2cccc3c2sc2ccccc23)c1. The highest BCUT2D eigenvalue weighted by Crippen LogP contribution is 2.50. The summed E-state index contributed by atoms with van der Waals surface area (Å²) in [5, 5.41) is 10.2. The van der Waals surface area contributed by atoms with Crippen LogP contribution in [0.25, 0.3) is 93.6 Å². The zero-order chi connectivity index (χ0) is 34.6. The van der Waals surface area contributed by atoms with Gasteiger partial charge in [0.25, 0.3) is 0 Å². The van der Waals surface area contributed by atoms with Crippen molar-refractivity contribution in [3.63, 3.8) is 0 Å². The minimum Gasteiger partial charge on any atom is -0.454 e. The number of hydrogen-bond donors (Lipinski definition) is 0. The van der Waals surface area contributed by atoms with Crippen molar-refractivity contribution in [2.24, 2.45) is 0 Å². The monoisotopic (exact) mass is 729 g/mol. The molecule has 0 spiro atoms. The molecule has 0 aliphatic rings. The second kappa shape index (κ2) is 11.3. The molecule has 0 unspecified atom stereocenters. The summed E-state index contributed by atoms with van der Waals surface area (Å²) in [6.45, 7) is 0. The third-order valence-electron chi connectivity index (χ3n) is 10.7. The summed E-state index contributed by atoms with van der Waals surface area (Å²) >= 11 is 5.67. The highest BCUT2D eigenvalue weighted by atomic mass is 32.1. The summed E-state index contributed by atoms with van der Waals surface area (Å²) in [5.74, 6) is 0. The molecule has 0 fully saturated rings. The Morgan fingerprint density at radius 2 is 1.06 bits per heavy atom. The fourth-order valence-corrected chi connectivity index (χ4v) is 12.1. The van der Waals surface area contributed by atoms with Gasteiger partial charge in [0.15, 0.2) is 5.58 Å². The Hall–Kier alpha value is -5.98. The van der Waals surface area contributed by atoms with E-state index in [1.165, 1.54) is 71.6 Å². The van der Waals surface area contributed by atoms with Crippen LogP contribution in [0.4, 0.5) is 17.1 Å². The van der Waals surface area contributed by atoms with Crippen molar-refractivity contribution in [1.29, 1.82) is 0 Å². The summed E-state index contributed by atoms with van der Waals surface area (Å²) in [6.07, 6.45) is 0. The van der Waals surface area contributed by atoms with E-state index in [0.29, 0.717) is 0 Å². The fraction of sp³-hybridized carbons (Fsp3) is 0. The number of hydrogen-bond acceptors (Lipinski definition) is 5. The number of benzene rings is 8. The molecule has 0 atom stereocenters. The maximum Gasteiger partial charge on any atom is 0.159 e. The Labute approximate surface area is 316 Å². The molecule has 0 N–H and O–H groups in total. The van der Waals surface area contributed by atoms with E-state index >= 15 is 0 Å². The molecule has 0 radical (unpaired) electrons. The second-order valence-corrected chi connectivity index (χ2v) is 16.7. The first-order valence-electron chi connectivity index (χ1n) is 17.7. The van der Waals surface area contributed by atoms with Crippen LogP contribution in [0.2, 0.25) is 0 Å². The third-order valence-corrected chi connectivity index (χ3v) is 14.3. The van der Waals surface area contributed by atoms with Crippen LogP contribution in [-0.2, 0) is 0 Å². The van der Waals surface area contributed by atoms with Gasteiger partial charge in [0.1, 0.15) is 5.58 Å². The molecule has 0 aliphatic heterocycles. The largest absolute Gasteiger partial charge is 0.454 e. The molecule has 0 aliphatic carbocycles. The summed E-state index contributed by atoms with van der Waals surface area (Å²) in [4.78, 5) is 2.41. The van der Waals surface area contributed by atoms with Gasteiger partial charge in [0, 0.05) is 72.3 Å². The highest BCUT2D eigenvalue weighted by Gasteiger charge is 2.23. The maximum absolute atomic E-state index is 6.71. The number of rotatable bonds is 4. The van der Waals surface area contributed by atoms with E-state index in [9.17, 15) is 0 Å². The number of para-hydroxylation sites is 2. The van der Waals surface area contributed by atoms with E-state index in [-0.39, 0.29) is 0 Å². The predicted molar refractivity (Wildman–Crippen MR) is 233 cm³/mol. The van der Waals surface area contributed by atoms with Gasteiger partial charge in [0.2, 0.25) is 0 Å². The van der Waals surface area contributed by atoms with Gasteiger partial charge in [-0.2, -0.15) is 0 Å². The quantitative estimate of drug-likeness (QED) is 0.179. The molecule has 0 saturated carbocycles. The van der Waals surface area contributed by atoms with Crippen molar-refractivity contribution < 1.29 is 4.42 Å². The van der Waals surface area contributed by atoms with Gasteiger partial charge in [-0.3, -0.25) is 0 Å². The summed E-state index contributed by atoms with van der Waals surface area (Å²) in [6, 6.07) is 59.7. The fourth-order valence-electron chi connectivity index (χ4n) is 8.33. The minimum absolute atomic E-state index is 0.885. The lowest BCUT2D eigenvalue weighted by Crippen LogP contribution is -2.10. The Morgan fingerprint density at radius 3 is 1.94 bits per heavy atom. The minimum atomic E-state index is 0.885. The van der Waals surface area contributed by atoms with Crippen LogP contribution in [-0.4, -0.2) is 0 Å². The molecular weight excluding hydrogens is 703 g/mol. The van der Waals surface area contributed by atoms with Crippen LogP contribution in [0.1, 0.15) is 0 Å². The number of nitrogens with zero attached hydrogens (tertiary/aromatic N) is 1. The molecule has 0 saturated heterocycles. The number of anilines is 3. The lowest BCUT2D eigenvalue weighted by atomic mass is 10.0. The van der Waals surface area contributed by atoms with Gasteiger partial charge in [-0.05, 0) is 59.7 Å². The second-order valence-electron chi connectivity index (χ2n) is 13.6. The molecule has 248 valence electrons. The van der Waals surface area contributed by atoms with Crippen molar-refractivity contribution in [3.8, 4) is 11.1 Å². The first kappa shape index (κ1) is 29.6. The Kier molecular flexibility index (Phi) is 6.28. The van der Waals surface area contributed by atoms with E-state index < -0.39 is 0 Å². The lowest BCUT2D eigenvalue weighted by Gasteiger charge is -2.26. The smallest absolute Gasteiger partial charge is 0.159 e. The molecule has 4 heterocycles. The molecule has 2 nitrogen and oxygen atoms in total. The van der Waals surface area contributed by atoms with E-state index in [1.54, 1.807) is 0 Å². The zero-order valence-electron chi connectivity index (χ0n) is 28.2. The molecular formula is C48H27NOS3. The average Bonchev–Trinajstić information content (AvgIpc) is 3.98. The van der Waals surface area contributed by atoms with Gasteiger partial charge in [-0.15, -0.1) is 34.0 Å². The van der Waals surface area contributed by atoms with Crippen LogP contribution in [0, 0.1) is 0 Å². The maximum atomic E-state index is 6.71. The van der Waals surface area contributed by atoms with Crippen molar-refractivity contribution in [2.75, 3.05) is 4.90 Å². The van der Waals surface area contributed by atoms with Crippen LogP contribution < -0.4 is 4.90 Å². The average molecular weight is 730 g/mol. The Balaban J connectivity index is 1.12. The van der Waals surface area contributed by atoms with Gasteiger partial charge in [0.05, 0.1) is 16.1 Å². The van der Waals surface area contributed by atoms with Crippen molar-refractivity contribution in [2.45, 2.75) is 0 Å². The summed E-state index contributed by atoms with van der Waals surface area (Å²) in [5.41, 5.74) is 7.47. The molecule has 53 heavy (non-hydrogen) atoms. The van der Waals surface area contributed by atoms with E-state index in [4.69, 9.17) is 4.42 Å². The molecule has 8 aromatic carbocycles. The Morgan fingerprint density at radius 1 is 0.396 bits per heavy atom. The van der Waals surface area contributed by atoms with Gasteiger partial charge in [-0.25, -0.2) is 0 Å². The van der Waals surface area contributed by atoms with E-state index in [2.05, 4.69) is 163 Å². The highest BCUT2D eigenvalue weighted by molar-refractivity contribution is 7.30. The summed E-state index contributed by atoms with van der Waals surface area (Å²) in [7, 11) is 0. The third kappa shape index (κ3) is 4.30. The van der Waals surface area contributed by atoms with Gasteiger partial charge >= 0.3 is 0 Å². The molecule has 5 heteroatoms. The normalized spacial score (nSPS) is 12.2. The van der Waals surface area contributed by atoms with Crippen molar-refractivity contribution in [1.82, 2.24) is 0 Å². The molecule has 0 amide bonds. The van der Waals surface area contributed by atoms with Crippen LogP contribution in [0.5, 0.6) is 0 Å². The predicted octanol–water partition coefficient (Wildman–Crippen LogP) is 15.8. The zero-order valence-corrected chi connectivity index (χ0v) is 30.6. The van der Waals surface area contributed by atoms with Crippen LogP contribution in [0.3, 0.4) is 0 Å². The Bertz CT molecular complexity index is 3320. The van der Waals surface area contributed by atoms with E-state index in [0.717, 1.165) is 39.0 Å². The van der Waals surface area contributed by atoms with Crippen molar-refractivity contribution in [3.05, 3.63) is 164 Å². The lowest BCUT2D eigenvalue weighted by molar-refractivity contribution is 0.669. The topological polar surface area (TPSA) is 16.4 Å². The number of fused-ring (bicyclic) bond motifs is 13. The van der Waals surface area contributed by atoms with Gasteiger partial charge < -0.3 is 9.32 Å². The van der Waals surface area contributed by atoms with E-state index in [1.807, 2.05) is 40.1 Å². The van der Waals surface area contributed by atoms with Crippen molar-refractivity contribution >= 4 is 134 Å². The molecule has 12 rings (SSSR count). The van der Waals surface area contributed by atoms with Crippen LogP contribution >= 0.6 is 34.0 Å². The summed E-state index contributed by atoms with van der Waals surface area (Å²) < 4.78 is 14.6. The van der Waals surface area contributed by atoms with Crippen LogP contribution in [0.15, 0.2) is 168 Å².